The maximum atomic E-state index is 12.2. The fraction of sp³-hybridized carbons (Fsp3) is 0.294. The van der Waals surface area contributed by atoms with Gasteiger partial charge in [0.15, 0.2) is 0 Å². The van der Waals surface area contributed by atoms with Gasteiger partial charge in [0.1, 0.15) is 0 Å². The molecule has 0 N–H and O–H groups in total. The van der Waals surface area contributed by atoms with Gasteiger partial charge in [0.25, 0.3) is 0 Å². The normalized spacial score (nSPS) is 18.8. The van der Waals surface area contributed by atoms with E-state index in [2.05, 4.69) is 5.10 Å². The number of rotatable bonds is 3. The number of ether oxygens (including phenoxy) is 1. The third-order valence-electron chi connectivity index (χ3n) is 3.59. The summed E-state index contributed by atoms with van der Waals surface area (Å²) in [5.41, 5.74) is 1.90. The predicted octanol–water partition coefficient (Wildman–Crippen LogP) is 2.13. The minimum absolute atomic E-state index is 0.0163. The Bertz CT molecular complexity index is 664. The van der Waals surface area contributed by atoms with Crippen molar-refractivity contribution >= 4 is 12.0 Å². The molecule has 1 aliphatic rings. The molecule has 1 atom stereocenters. The van der Waals surface area contributed by atoms with Crippen molar-refractivity contribution in [2.24, 2.45) is 0 Å². The lowest BCUT2D eigenvalue weighted by molar-refractivity contribution is -0.132. The van der Waals surface area contributed by atoms with Crippen LogP contribution in [0.15, 0.2) is 48.8 Å². The van der Waals surface area contributed by atoms with Gasteiger partial charge in [0.05, 0.1) is 24.6 Å². The SMILES string of the molecule is CC1CN(C(=O)/C=C/c2cnn(-c3ccccc3)c2)CCO1. The van der Waals surface area contributed by atoms with Gasteiger partial charge in [-0.05, 0) is 25.1 Å². The minimum atomic E-state index is 0.0163. The minimum Gasteiger partial charge on any atom is -0.375 e. The van der Waals surface area contributed by atoms with E-state index in [1.165, 1.54) is 0 Å². The van der Waals surface area contributed by atoms with Crippen LogP contribution >= 0.6 is 0 Å². The van der Waals surface area contributed by atoms with E-state index >= 15 is 0 Å². The third kappa shape index (κ3) is 3.43. The number of aromatic nitrogens is 2. The molecule has 0 saturated carbocycles. The zero-order valence-corrected chi connectivity index (χ0v) is 12.6. The second-order valence-electron chi connectivity index (χ2n) is 5.35. The van der Waals surface area contributed by atoms with Crippen LogP contribution in [0.4, 0.5) is 0 Å². The average Bonchev–Trinajstić information content (AvgIpc) is 3.02. The van der Waals surface area contributed by atoms with Crippen molar-refractivity contribution in [3.8, 4) is 5.69 Å². The Morgan fingerprint density at radius 1 is 1.36 bits per heavy atom. The molecule has 2 aromatic rings. The molecule has 0 spiro atoms. The highest BCUT2D eigenvalue weighted by molar-refractivity contribution is 5.91. The van der Waals surface area contributed by atoms with Crippen molar-refractivity contribution in [1.29, 1.82) is 0 Å². The maximum absolute atomic E-state index is 12.2. The molecule has 114 valence electrons. The van der Waals surface area contributed by atoms with Crippen molar-refractivity contribution in [1.82, 2.24) is 14.7 Å². The monoisotopic (exact) mass is 297 g/mol. The zero-order chi connectivity index (χ0) is 15.4. The number of para-hydroxylation sites is 1. The van der Waals surface area contributed by atoms with Gasteiger partial charge in [0.2, 0.25) is 5.91 Å². The highest BCUT2D eigenvalue weighted by Gasteiger charge is 2.19. The van der Waals surface area contributed by atoms with Gasteiger partial charge in [-0.1, -0.05) is 18.2 Å². The van der Waals surface area contributed by atoms with E-state index < -0.39 is 0 Å². The molecule has 3 rings (SSSR count). The lowest BCUT2D eigenvalue weighted by Crippen LogP contribution is -2.43. The molecule has 1 unspecified atom stereocenters. The Morgan fingerprint density at radius 3 is 2.95 bits per heavy atom. The average molecular weight is 297 g/mol. The highest BCUT2D eigenvalue weighted by atomic mass is 16.5. The molecule has 5 nitrogen and oxygen atoms in total. The van der Waals surface area contributed by atoms with E-state index in [0.717, 1.165) is 11.3 Å². The van der Waals surface area contributed by atoms with Crippen LogP contribution in [-0.4, -0.2) is 46.4 Å². The summed E-state index contributed by atoms with van der Waals surface area (Å²) in [5, 5.41) is 4.31. The second kappa shape index (κ2) is 6.58. The van der Waals surface area contributed by atoms with Gasteiger partial charge in [0, 0.05) is 30.9 Å². The molecule has 22 heavy (non-hydrogen) atoms. The van der Waals surface area contributed by atoms with Crippen molar-refractivity contribution in [2.75, 3.05) is 19.7 Å². The van der Waals surface area contributed by atoms with E-state index in [4.69, 9.17) is 4.74 Å². The van der Waals surface area contributed by atoms with E-state index in [1.807, 2.05) is 48.4 Å². The Labute approximate surface area is 129 Å². The molecule has 1 fully saturated rings. The van der Waals surface area contributed by atoms with E-state index in [9.17, 15) is 4.79 Å². The van der Waals surface area contributed by atoms with Crippen LogP contribution in [-0.2, 0) is 9.53 Å². The maximum Gasteiger partial charge on any atom is 0.246 e. The summed E-state index contributed by atoms with van der Waals surface area (Å²) >= 11 is 0. The Morgan fingerprint density at radius 2 is 2.18 bits per heavy atom. The number of benzene rings is 1. The molecule has 0 radical (unpaired) electrons. The second-order valence-corrected chi connectivity index (χ2v) is 5.35. The summed E-state index contributed by atoms with van der Waals surface area (Å²) in [6.07, 6.45) is 7.16. The van der Waals surface area contributed by atoms with Gasteiger partial charge < -0.3 is 9.64 Å². The lowest BCUT2D eigenvalue weighted by atomic mass is 10.2. The quantitative estimate of drug-likeness (QED) is 0.815. The first-order valence-corrected chi connectivity index (χ1v) is 7.41. The summed E-state index contributed by atoms with van der Waals surface area (Å²) in [5.74, 6) is 0.0163. The van der Waals surface area contributed by atoms with E-state index in [0.29, 0.717) is 19.7 Å². The fourth-order valence-electron chi connectivity index (χ4n) is 2.44. The standard InChI is InChI=1S/C17H19N3O2/c1-14-12-19(9-10-22-14)17(21)8-7-15-11-18-20(13-15)16-5-3-2-4-6-16/h2-8,11,13-14H,9-10,12H2,1H3/b8-7+. The van der Waals surface area contributed by atoms with Crippen molar-refractivity contribution in [3.63, 3.8) is 0 Å². The number of nitrogens with zero attached hydrogens (tertiary/aromatic N) is 3. The van der Waals surface area contributed by atoms with Gasteiger partial charge >= 0.3 is 0 Å². The van der Waals surface area contributed by atoms with Crippen LogP contribution < -0.4 is 0 Å². The summed E-state index contributed by atoms with van der Waals surface area (Å²) in [7, 11) is 0. The van der Waals surface area contributed by atoms with Crippen LogP contribution in [0.2, 0.25) is 0 Å². The lowest BCUT2D eigenvalue weighted by Gasteiger charge is -2.30. The Balaban J connectivity index is 1.66. The summed E-state index contributed by atoms with van der Waals surface area (Å²) < 4.78 is 7.23. The Kier molecular flexibility index (Phi) is 4.34. The van der Waals surface area contributed by atoms with Gasteiger partial charge in [-0.25, -0.2) is 4.68 Å². The van der Waals surface area contributed by atoms with Crippen molar-refractivity contribution in [3.05, 3.63) is 54.4 Å². The van der Waals surface area contributed by atoms with Crippen molar-refractivity contribution < 1.29 is 9.53 Å². The van der Waals surface area contributed by atoms with Crippen molar-refractivity contribution in [2.45, 2.75) is 13.0 Å². The molecule has 1 saturated heterocycles. The molecule has 1 amide bonds. The van der Waals surface area contributed by atoms with E-state index in [1.54, 1.807) is 23.0 Å². The topological polar surface area (TPSA) is 47.4 Å². The zero-order valence-electron chi connectivity index (χ0n) is 12.6. The number of carbonyl (C=O) groups is 1. The molecular weight excluding hydrogens is 278 g/mol. The van der Waals surface area contributed by atoms with Gasteiger partial charge in [-0.2, -0.15) is 5.10 Å². The fourth-order valence-corrected chi connectivity index (χ4v) is 2.44. The van der Waals surface area contributed by atoms with Crippen LogP contribution in [0.1, 0.15) is 12.5 Å². The summed E-state index contributed by atoms with van der Waals surface area (Å²) in [4.78, 5) is 14.0. The number of hydrogen-bond donors (Lipinski definition) is 0. The molecule has 2 heterocycles. The molecule has 1 aromatic carbocycles. The largest absolute Gasteiger partial charge is 0.375 e. The first kappa shape index (κ1) is 14.5. The molecular formula is C17H19N3O2. The van der Waals surface area contributed by atoms with Gasteiger partial charge in [-0.3, -0.25) is 4.79 Å². The smallest absolute Gasteiger partial charge is 0.246 e. The third-order valence-corrected chi connectivity index (χ3v) is 3.59. The Hall–Kier alpha value is -2.40. The van der Waals surface area contributed by atoms with Crippen LogP contribution in [0.3, 0.4) is 0 Å². The van der Waals surface area contributed by atoms with Gasteiger partial charge in [-0.15, -0.1) is 0 Å². The summed E-state index contributed by atoms with van der Waals surface area (Å²) in [6, 6.07) is 9.88. The first-order chi connectivity index (χ1) is 10.7. The predicted molar refractivity (Wildman–Crippen MR) is 84.6 cm³/mol. The van der Waals surface area contributed by atoms with Crippen LogP contribution in [0, 0.1) is 0 Å². The van der Waals surface area contributed by atoms with E-state index in [-0.39, 0.29) is 12.0 Å². The first-order valence-electron chi connectivity index (χ1n) is 7.41. The molecule has 5 heteroatoms. The summed E-state index contributed by atoms with van der Waals surface area (Å²) in [6.45, 7) is 3.88. The van der Waals surface area contributed by atoms with Crippen LogP contribution in [0.5, 0.6) is 0 Å². The number of amides is 1. The number of morpholine rings is 1. The molecule has 1 aromatic heterocycles. The van der Waals surface area contributed by atoms with Crippen LogP contribution in [0.25, 0.3) is 11.8 Å². The molecule has 0 aliphatic carbocycles. The number of carbonyl (C=O) groups excluding carboxylic acids is 1. The number of hydrogen-bond acceptors (Lipinski definition) is 3. The highest BCUT2D eigenvalue weighted by Crippen LogP contribution is 2.10. The molecule has 0 bridgehead atoms. The molecule has 1 aliphatic heterocycles.